The Kier molecular flexibility index (Phi) is 4.92. The maximum Gasteiger partial charge on any atom is 0.254 e. The average molecular weight is 365 g/mol. The van der Waals surface area contributed by atoms with Gasteiger partial charge in [-0.05, 0) is 63.4 Å². The van der Waals surface area contributed by atoms with E-state index in [2.05, 4.69) is 11.8 Å². The Bertz CT molecular complexity index is 785. The van der Waals surface area contributed by atoms with Crippen molar-refractivity contribution in [2.24, 2.45) is 5.14 Å². The normalized spacial score (nSPS) is 22.7. The maximum absolute atomic E-state index is 12.8. The van der Waals surface area contributed by atoms with Crippen molar-refractivity contribution in [1.29, 1.82) is 0 Å². The zero-order chi connectivity index (χ0) is 18.4. The molecular weight excluding hydrogens is 338 g/mol. The van der Waals surface area contributed by atoms with E-state index in [4.69, 9.17) is 5.14 Å². The first-order chi connectivity index (χ1) is 11.7. The average Bonchev–Trinajstić information content (AvgIpc) is 2.49. The summed E-state index contributed by atoms with van der Waals surface area (Å²) in [5, 5.41) is 5.29. The van der Waals surface area contributed by atoms with Crippen molar-refractivity contribution < 1.29 is 13.2 Å². The lowest BCUT2D eigenvalue weighted by Crippen LogP contribution is -2.63. The van der Waals surface area contributed by atoms with Crippen LogP contribution in [0.4, 0.5) is 0 Å². The Labute approximate surface area is 150 Å². The van der Waals surface area contributed by atoms with Crippen LogP contribution in [0, 0.1) is 13.8 Å². The molecule has 0 saturated carbocycles. The van der Waals surface area contributed by atoms with Crippen LogP contribution in [0.25, 0.3) is 0 Å². The minimum absolute atomic E-state index is 0.0394. The van der Waals surface area contributed by atoms with Gasteiger partial charge in [-0.15, -0.1) is 0 Å². The van der Waals surface area contributed by atoms with Crippen LogP contribution in [-0.4, -0.2) is 55.8 Å². The molecule has 6 nitrogen and oxygen atoms in total. The lowest BCUT2D eigenvalue weighted by molar-refractivity contribution is 0.00211. The molecule has 2 N–H and O–H groups in total. The van der Waals surface area contributed by atoms with Crippen LogP contribution >= 0.6 is 0 Å². The molecule has 0 spiro atoms. The van der Waals surface area contributed by atoms with E-state index >= 15 is 0 Å². The highest BCUT2D eigenvalue weighted by Crippen LogP contribution is 2.27. The number of carbonyl (C=O) groups is 1. The number of nitrogens with two attached hydrogens (primary N) is 1. The summed E-state index contributed by atoms with van der Waals surface area (Å²) in [4.78, 5) is 17.1. The number of hydrogen-bond donors (Lipinski definition) is 1. The van der Waals surface area contributed by atoms with Gasteiger partial charge in [0.2, 0.25) is 10.0 Å². The van der Waals surface area contributed by atoms with E-state index < -0.39 is 10.0 Å². The number of amides is 1. The van der Waals surface area contributed by atoms with Crippen LogP contribution in [0.2, 0.25) is 0 Å². The van der Waals surface area contributed by atoms with Crippen LogP contribution in [0.15, 0.2) is 17.0 Å². The van der Waals surface area contributed by atoms with Gasteiger partial charge < -0.3 is 4.90 Å². The first-order valence-corrected chi connectivity index (χ1v) is 10.4. The Balaban J connectivity index is 1.74. The third-order valence-electron chi connectivity index (χ3n) is 5.65. The summed E-state index contributed by atoms with van der Waals surface area (Å²) in [6.07, 6.45) is 3.73. The standard InChI is InChI=1S/C18H27N3O3S/c1-12-8-15(9-17(14(12)3)25(19,23)24)18(22)20-10-16(11-20)21-7-5-4-6-13(21)2/h8-9,13,16H,4-7,10-11H2,1-3H3,(H2,19,23,24)/t13-/m0/s1. The number of piperidine rings is 1. The third-order valence-corrected chi connectivity index (χ3v) is 6.68. The molecule has 1 aromatic rings. The molecule has 1 amide bonds. The quantitative estimate of drug-likeness (QED) is 0.883. The summed E-state index contributed by atoms with van der Waals surface area (Å²) in [6.45, 7) is 8.29. The minimum atomic E-state index is -3.84. The molecule has 2 fully saturated rings. The van der Waals surface area contributed by atoms with Gasteiger partial charge in [0.15, 0.2) is 0 Å². The predicted molar refractivity (Wildman–Crippen MR) is 97.0 cm³/mol. The first kappa shape index (κ1) is 18.4. The van der Waals surface area contributed by atoms with Gasteiger partial charge in [-0.2, -0.15) is 0 Å². The molecule has 2 aliphatic rings. The van der Waals surface area contributed by atoms with Crippen molar-refractivity contribution in [3.8, 4) is 0 Å². The van der Waals surface area contributed by atoms with Crippen LogP contribution in [0.3, 0.4) is 0 Å². The minimum Gasteiger partial charge on any atom is -0.335 e. The molecule has 3 rings (SSSR count). The van der Waals surface area contributed by atoms with Crippen molar-refractivity contribution in [2.45, 2.75) is 57.0 Å². The molecular formula is C18H27N3O3S. The molecule has 1 aromatic carbocycles. The summed E-state index contributed by atoms with van der Waals surface area (Å²) < 4.78 is 23.6. The second kappa shape index (κ2) is 6.70. The zero-order valence-electron chi connectivity index (χ0n) is 15.2. The fourth-order valence-electron chi connectivity index (χ4n) is 3.92. The van der Waals surface area contributed by atoms with E-state index in [9.17, 15) is 13.2 Å². The zero-order valence-corrected chi connectivity index (χ0v) is 16.0. The number of aryl methyl sites for hydroxylation is 1. The van der Waals surface area contributed by atoms with Crippen LogP contribution < -0.4 is 5.14 Å². The van der Waals surface area contributed by atoms with Gasteiger partial charge in [-0.25, -0.2) is 13.6 Å². The predicted octanol–water partition coefficient (Wildman–Crippen LogP) is 1.65. The Hall–Kier alpha value is -1.44. The molecule has 7 heteroatoms. The number of likely N-dealkylation sites (tertiary alicyclic amines) is 2. The second-order valence-electron chi connectivity index (χ2n) is 7.41. The molecule has 0 radical (unpaired) electrons. The molecule has 2 aliphatic heterocycles. The summed E-state index contributed by atoms with van der Waals surface area (Å²) in [6, 6.07) is 4.16. The first-order valence-electron chi connectivity index (χ1n) is 8.87. The van der Waals surface area contributed by atoms with Gasteiger partial charge in [-0.3, -0.25) is 9.69 Å². The largest absolute Gasteiger partial charge is 0.335 e. The Morgan fingerprint density at radius 1 is 1.20 bits per heavy atom. The van der Waals surface area contributed by atoms with E-state index in [-0.39, 0.29) is 10.8 Å². The van der Waals surface area contributed by atoms with E-state index in [0.29, 0.717) is 36.3 Å². The number of nitrogens with zero attached hydrogens (tertiary/aromatic N) is 2. The number of primary sulfonamides is 1. The molecule has 1 atom stereocenters. The summed E-state index contributed by atoms with van der Waals surface area (Å²) in [7, 11) is -3.84. The molecule has 0 aromatic heterocycles. The lowest BCUT2D eigenvalue weighted by atomic mass is 9.96. The highest BCUT2D eigenvalue weighted by Gasteiger charge is 2.38. The van der Waals surface area contributed by atoms with Crippen LogP contribution in [0.1, 0.15) is 47.7 Å². The smallest absolute Gasteiger partial charge is 0.254 e. The number of hydrogen-bond acceptors (Lipinski definition) is 4. The van der Waals surface area contributed by atoms with Crippen molar-refractivity contribution in [2.75, 3.05) is 19.6 Å². The Morgan fingerprint density at radius 3 is 2.48 bits per heavy atom. The highest BCUT2D eigenvalue weighted by molar-refractivity contribution is 7.89. The maximum atomic E-state index is 12.8. The van der Waals surface area contributed by atoms with Crippen LogP contribution in [0.5, 0.6) is 0 Å². The van der Waals surface area contributed by atoms with Crippen LogP contribution in [-0.2, 0) is 10.0 Å². The van der Waals surface area contributed by atoms with E-state index in [1.807, 2.05) is 0 Å². The summed E-state index contributed by atoms with van der Waals surface area (Å²) >= 11 is 0. The van der Waals surface area contributed by atoms with E-state index in [1.54, 1.807) is 24.8 Å². The fraction of sp³-hybridized carbons (Fsp3) is 0.611. The highest BCUT2D eigenvalue weighted by atomic mass is 32.2. The number of rotatable bonds is 3. The Morgan fingerprint density at radius 2 is 1.88 bits per heavy atom. The molecule has 0 unspecified atom stereocenters. The fourth-order valence-corrected chi connectivity index (χ4v) is 4.80. The van der Waals surface area contributed by atoms with Gasteiger partial charge in [0.1, 0.15) is 0 Å². The lowest BCUT2D eigenvalue weighted by Gasteiger charge is -2.49. The topological polar surface area (TPSA) is 83.7 Å². The molecule has 0 bridgehead atoms. The van der Waals surface area contributed by atoms with E-state index in [1.165, 1.54) is 25.3 Å². The molecule has 138 valence electrons. The van der Waals surface area contributed by atoms with Crippen molar-refractivity contribution in [1.82, 2.24) is 9.80 Å². The van der Waals surface area contributed by atoms with Gasteiger partial charge in [0.25, 0.3) is 5.91 Å². The molecule has 2 heterocycles. The van der Waals surface area contributed by atoms with Gasteiger partial charge >= 0.3 is 0 Å². The van der Waals surface area contributed by atoms with Crippen molar-refractivity contribution >= 4 is 15.9 Å². The second-order valence-corrected chi connectivity index (χ2v) is 8.94. The SMILES string of the molecule is Cc1cc(C(=O)N2CC(N3CCCC[C@@H]3C)C2)cc(S(N)(=O)=O)c1C. The number of carbonyl (C=O) groups excluding carboxylic acids is 1. The van der Waals surface area contributed by atoms with E-state index in [0.717, 1.165) is 12.1 Å². The van der Waals surface area contributed by atoms with Gasteiger partial charge in [0, 0.05) is 30.7 Å². The van der Waals surface area contributed by atoms with Gasteiger partial charge in [0.05, 0.1) is 4.90 Å². The molecule has 25 heavy (non-hydrogen) atoms. The molecule has 2 saturated heterocycles. The van der Waals surface area contributed by atoms with Crippen molar-refractivity contribution in [3.05, 3.63) is 28.8 Å². The summed E-state index contributed by atoms with van der Waals surface area (Å²) in [5.74, 6) is -0.117. The number of sulfonamides is 1. The monoisotopic (exact) mass is 365 g/mol. The van der Waals surface area contributed by atoms with Crippen molar-refractivity contribution in [3.63, 3.8) is 0 Å². The third kappa shape index (κ3) is 3.59. The summed E-state index contributed by atoms with van der Waals surface area (Å²) in [5.41, 5.74) is 1.76. The van der Waals surface area contributed by atoms with Gasteiger partial charge in [-0.1, -0.05) is 6.42 Å². The molecule has 0 aliphatic carbocycles. The number of benzene rings is 1.